The molecule has 0 aliphatic heterocycles. The third-order valence-electron chi connectivity index (χ3n) is 4.55. The number of esters is 1. The minimum absolute atomic E-state index is 0.0229. The number of carbonyl (C=O) groups excluding carboxylic acids is 1. The van der Waals surface area contributed by atoms with Gasteiger partial charge >= 0.3 is 12.1 Å². The molecule has 0 amide bonds. The average Bonchev–Trinajstić information content (AvgIpc) is 2.67. The molecule has 0 aliphatic carbocycles. The number of carbonyl (C=O) groups is 1. The maximum atomic E-state index is 13.9. The molecule has 0 spiro atoms. The number of aryl methyl sites for hydroxylation is 1. The highest BCUT2D eigenvalue weighted by Crippen LogP contribution is 2.40. The van der Waals surface area contributed by atoms with Crippen LogP contribution in [0.2, 0.25) is 0 Å². The Balaban J connectivity index is 2.41. The predicted molar refractivity (Wildman–Crippen MR) is 111 cm³/mol. The van der Waals surface area contributed by atoms with Gasteiger partial charge in [-0.1, -0.05) is 30.3 Å². The summed E-state index contributed by atoms with van der Waals surface area (Å²) in [7, 11) is 1.68. The van der Waals surface area contributed by atoms with Crippen LogP contribution in [0.3, 0.4) is 0 Å². The topological polar surface area (TPSA) is 41.6 Å². The standard InChI is InChI=1S/C21H23F3N2O2S/c1-5-26(4)20(29)25-18-13(2)11-16(14(3)17(18)21(22,23)24)19(27)28-12-15-9-7-6-8-10-15/h6-11H,5,12H2,1-4H3,(H,25,29). The summed E-state index contributed by atoms with van der Waals surface area (Å²) in [6.07, 6.45) is -4.67. The fraction of sp³-hybridized carbons (Fsp3) is 0.333. The Morgan fingerprint density at radius 2 is 1.83 bits per heavy atom. The highest BCUT2D eigenvalue weighted by atomic mass is 32.1. The maximum Gasteiger partial charge on any atom is 0.418 e. The molecule has 2 aromatic carbocycles. The first-order valence-corrected chi connectivity index (χ1v) is 9.41. The number of rotatable bonds is 5. The number of nitrogens with zero attached hydrogens (tertiary/aromatic N) is 1. The SMILES string of the molecule is CCN(C)C(=S)Nc1c(C)cc(C(=O)OCc2ccccc2)c(C)c1C(F)(F)F. The van der Waals surface area contributed by atoms with Crippen molar-refractivity contribution >= 4 is 29.0 Å². The summed E-state index contributed by atoms with van der Waals surface area (Å²) >= 11 is 5.18. The largest absolute Gasteiger partial charge is 0.457 e. The zero-order valence-corrected chi connectivity index (χ0v) is 17.5. The molecule has 0 aromatic heterocycles. The Hall–Kier alpha value is -2.61. The highest BCUT2D eigenvalue weighted by molar-refractivity contribution is 7.80. The van der Waals surface area contributed by atoms with Gasteiger partial charge in [0, 0.05) is 13.6 Å². The van der Waals surface area contributed by atoms with Crippen LogP contribution in [0.4, 0.5) is 18.9 Å². The molecule has 0 fully saturated rings. The lowest BCUT2D eigenvalue weighted by Crippen LogP contribution is -2.32. The van der Waals surface area contributed by atoms with Crippen LogP contribution in [0.25, 0.3) is 0 Å². The van der Waals surface area contributed by atoms with E-state index < -0.39 is 17.7 Å². The summed E-state index contributed by atoms with van der Waals surface area (Å²) in [4.78, 5) is 14.1. The number of anilines is 1. The Morgan fingerprint density at radius 3 is 2.38 bits per heavy atom. The second-order valence-electron chi connectivity index (χ2n) is 6.62. The number of benzene rings is 2. The molecule has 0 heterocycles. The number of nitrogens with one attached hydrogen (secondary N) is 1. The average molecular weight is 424 g/mol. The molecule has 0 atom stereocenters. The fourth-order valence-corrected chi connectivity index (χ4v) is 3.02. The lowest BCUT2D eigenvalue weighted by atomic mass is 9.96. The first-order valence-electron chi connectivity index (χ1n) is 9.00. The summed E-state index contributed by atoms with van der Waals surface area (Å²) in [5, 5.41) is 2.85. The van der Waals surface area contributed by atoms with Gasteiger partial charge in [0.2, 0.25) is 0 Å². The Kier molecular flexibility index (Phi) is 7.24. The lowest BCUT2D eigenvalue weighted by molar-refractivity contribution is -0.137. The molecule has 2 aromatic rings. The molecule has 29 heavy (non-hydrogen) atoms. The molecule has 1 N–H and O–H groups in total. The van der Waals surface area contributed by atoms with Crippen molar-refractivity contribution in [2.24, 2.45) is 0 Å². The predicted octanol–water partition coefficient (Wildman–Crippen LogP) is 5.33. The van der Waals surface area contributed by atoms with E-state index in [1.807, 2.05) is 13.0 Å². The van der Waals surface area contributed by atoms with Gasteiger partial charge < -0.3 is 15.0 Å². The Bertz CT molecular complexity index is 899. The van der Waals surface area contributed by atoms with Crippen LogP contribution in [0.5, 0.6) is 0 Å². The van der Waals surface area contributed by atoms with Crippen molar-refractivity contribution in [2.75, 3.05) is 18.9 Å². The van der Waals surface area contributed by atoms with Crippen LogP contribution in [0.1, 0.15) is 39.5 Å². The molecular formula is C21H23F3N2O2S. The fourth-order valence-electron chi connectivity index (χ4n) is 2.79. The molecule has 0 bridgehead atoms. The number of thiocarbonyl (C=S) groups is 1. The molecule has 8 heteroatoms. The molecule has 2 rings (SSSR count). The number of alkyl halides is 3. The van der Waals surface area contributed by atoms with E-state index in [1.54, 1.807) is 36.2 Å². The summed E-state index contributed by atoms with van der Waals surface area (Å²) in [6.45, 7) is 5.11. The van der Waals surface area contributed by atoms with E-state index in [0.29, 0.717) is 6.54 Å². The van der Waals surface area contributed by atoms with Crippen molar-refractivity contribution in [2.45, 2.75) is 33.6 Å². The van der Waals surface area contributed by atoms with Crippen molar-refractivity contribution in [1.82, 2.24) is 4.90 Å². The summed E-state index contributed by atoms with van der Waals surface area (Å²) < 4.78 is 46.8. The van der Waals surface area contributed by atoms with E-state index in [-0.39, 0.29) is 34.1 Å². The number of ether oxygens (including phenoxy) is 1. The minimum atomic E-state index is -4.67. The van der Waals surface area contributed by atoms with E-state index in [2.05, 4.69) is 5.32 Å². The van der Waals surface area contributed by atoms with Crippen molar-refractivity contribution in [3.8, 4) is 0 Å². The highest BCUT2D eigenvalue weighted by Gasteiger charge is 2.38. The van der Waals surface area contributed by atoms with Crippen LogP contribution >= 0.6 is 12.2 Å². The minimum Gasteiger partial charge on any atom is -0.457 e. The Morgan fingerprint density at radius 1 is 1.21 bits per heavy atom. The summed E-state index contributed by atoms with van der Waals surface area (Å²) in [6, 6.07) is 10.3. The lowest BCUT2D eigenvalue weighted by Gasteiger charge is -2.25. The van der Waals surface area contributed by atoms with Gasteiger partial charge in [0.25, 0.3) is 0 Å². The van der Waals surface area contributed by atoms with Crippen LogP contribution in [0, 0.1) is 13.8 Å². The van der Waals surface area contributed by atoms with Gasteiger partial charge in [-0.2, -0.15) is 13.2 Å². The van der Waals surface area contributed by atoms with E-state index >= 15 is 0 Å². The smallest absolute Gasteiger partial charge is 0.418 e. The van der Waals surface area contributed by atoms with Crippen LogP contribution in [-0.2, 0) is 17.5 Å². The number of hydrogen-bond donors (Lipinski definition) is 1. The van der Waals surface area contributed by atoms with Crippen LogP contribution in [0.15, 0.2) is 36.4 Å². The summed E-state index contributed by atoms with van der Waals surface area (Å²) in [5.41, 5.74) is -0.397. The van der Waals surface area contributed by atoms with E-state index in [9.17, 15) is 18.0 Å². The van der Waals surface area contributed by atoms with Crippen molar-refractivity contribution < 1.29 is 22.7 Å². The molecule has 4 nitrogen and oxygen atoms in total. The first kappa shape index (κ1) is 22.7. The van der Waals surface area contributed by atoms with Gasteiger partial charge in [-0.05, 0) is 55.7 Å². The zero-order valence-electron chi connectivity index (χ0n) is 16.7. The second-order valence-corrected chi connectivity index (χ2v) is 7.01. The monoisotopic (exact) mass is 424 g/mol. The normalized spacial score (nSPS) is 11.1. The van der Waals surface area contributed by atoms with Gasteiger partial charge in [-0.3, -0.25) is 0 Å². The molecule has 0 saturated carbocycles. The van der Waals surface area contributed by atoms with Gasteiger partial charge in [0.05, 0.1) is 16.8 Å². The Labute approximate surface area is 173 Å². The van der Waals surface area contributed by atoms with Gasteiger partial charge in [-0.15, -0.1) is 0 Å². The molecule has 0 saturated heterocycles. The number of hydrogen-bond acceptors (Lipinski definition) is 3. The van der Waals surface area contributed by atoms with Gasteiger partial charge in [-0.25, -0.2) is 4.79 Å². The molecule has 0 radical (unpaired) electrons. The number of halogens is 3. The molecular weight excluding hydrogens is 401 g/mol. The van der Waals surface area contributed by atoms with Gasteiger partial charge in [0.15, 0.2) is 5.11 Å². The molecule has 0 unspecified atom stereocenters. The van der Waals surface area contributed by atoms with Crippen LogP contribution in [-0.4, -0.2) is 29.6 Å². The quantitative estimate of drug-likeness (QED) is 0.519. The van der Waals surface area contributed by atoms with E-state index in [1.165, 1.54) is 19.9 Å². The first-order chi connectivity index (χ1) is 13.6. The van der Waals surface area contributed by atoms with Crippen molar-refractivity contribution in [3.63, 3.8) is 0 Å². The van der Waals surface area contributed by atoms with E-state index in [4.69, 9.17) is 17.0 Å². The van der Waals surface area contributed by atoms with Crippen molar-refractivity contribution in [3.05, 3.63) is 64.2 Å². The van der Waals surface area contributed by atoms with Crippen LogP contribution < -0.4 is 5.32 Å². The van der Waals surface area contributed by atoms with Gasteiger partial charge in [0.1, 0.15) is 6.61 Å². The second kappa shape index (κ2) is 9.26. The molecule has 156 valence electrons. The molecule has 0 aliphatic rings. The zero-order chi connectivity index (χ0) is 21.8. The van der Waals surface area contributed by atoms with Crippen molar-refractivity contribution in [1.29, 1.82) is 0 Å². The van der Waals surface area contributed by atoms with E-state index in [0.717, 1.165) is 5.56 Å². The summed E-state index contributed by atoms with van der Waals surface area (Å²) in [5.74, 6) is -0.806. The third-order valence-corrected chi connectivity index (χ3v) is 4.97. The maximum absolute atomic E-state index is 13.9. The third kappa shape index (κ3) is 5.47.